The highest BCUT2D eigenvalue weighted by molar-refractivity contribution is 7.98. The van der Waals surface area contributed by atoms with Crippen LogP contribution >= 0.6 is 11.8 Å². The lowest BCUT2D eigenvalue weighted by Gasteiger charge is -2.32. The van der Waals surface area contributed by atoms with E-state index in [4.69, 9.17) is 5.73 Å². The Bertz CT molecular complexity index is 442. The maximum absolute atomic E-state index is 12.2. The first-order chi connectivity index (χ1) is 9.13. The van der Waals surface area contributed by atoms with Crippen LogP contribution < -0.4 is 11.1 Å². The molecule has 19 heavy (non-hydrogen) atoms. The third-order valence-corrected chi connectivity index (χ3v) is 4.54. The molecule has 0 aliphatic heterocycles. The fraction of sp³-hybridized carbons (Fsp3) is 0.533. The van der Waals surface area contributed by atoms with Crippen LogP contribution in [-0.4, -0.2) is 17.7 Å². The molecule has 3 nitrogen and oxygen atoms in total. The van der Waals surface area contributed by atoms with Gasteiger partial charge in [0, 0.05) is 16.9 Å². The summed E-state index contributed by atoms with van der Waals surface area (Å²) in [7, 11) is 0. The SMILES string of the molecule is CSc1ccccc1NC(=O)CC1(N)CCCCC1. The molecular formula is C15H22N2OS. The topological polar surface area (TPSA) is 55.1 Å². The number of carbonyl (C=O) groups excluding carboxylic acids is 1. The van der Waals surface area contributed by atoms with Gasteiger partial charge in [-0.2, -0.15) is 0 Å². The number of nitrogens with one attached hydrogen (secondary N) is 1. The van der Waals surface area contributed by atoms with Gasteiger partial charge in [-0.3, -0.25) is 4.79 Å². The summed E-state index contributed by atoms with van der Waals surface area (Å²) < 4.78 is 0. The maximum Gasteiger partial charge on any atom is 0.226 e. The standard InChI is InChI=1S/C15H22N2OS/c1-19-13-8-4-3-7-12(13)17-14(18)11-15(16)9-5-2-6-10-15/h3-4,7-8H,2,5-6,9-11,16H2,1H3,(H,17,18). The number of amides is 1. The molecule has 0 radical (unpaired) electrons. The van der Waals surface area contributed by atoms with Gasteiger partial charge in [-0.15, -0.1) is 11.8 Å². The van der Waals surface area contributed by atoms with Crippen molar-refractivity contribution in [3.05, 3.63) is 24.3 Å². The number of benzene rings is 1. The lowest BCUT2D eigenvalue weighted by atomic mass is 9.80. The van der Waals surface area contributed by atoms with Gasteiger partial charge < -0.3 is 11.1 Å². The highest BCUT2D eigenvalue weighted by atomic mass is 32.2. The van der Waals surface area contributed by atoms with Gasteiger partial charge in [-0.05, 0) is 31.2 Å². The molecule has 0 aromatic heterocycles. The molecule has 3 N–H and O–H groups in total. The van der Waals surface area contributed by atoms with E-state index in [0.717, 1.165) is 36.3 Å². The molecule has 0 heterocycles. The van der Waals surface area contributed by atoms with Gasteiger partial charge in [0.2, 0.25) is 5.91 Å². The molecule has 1 aromatic carbocycles. The molecule has 2 rings (SSSR count). The minimum absolute atomic E-state index is 0.0332. The molecule has 104 valence electrons. The van der Waals surface area contributed by atoms with Crippen LogP contribution in [-0.2, 0) is 4.79 Å². The van der Waals surface area contributed by atoms with Crippen molar-refractivity contribution in [3.8, 4) is 0 Å². The number of rotatable bonds is 4. The number of nitrogens with two attached hydrogens (primary N) is 1. The lowest BCUT2D eigenvalue weighted by Crippen LogP contribution is -2.44. The van der Waals surface area contributed by atoms with Crippen molar-refractivity contribution in [2.24, 2.45) is 5.73 Å². The first-order valence-electron chi connectivity index (χ1n) is 6.85. The Morgan fingerprint density at radius 2 is 2.00 bits per heavy atom. The van der Waals surface area contributed by atoms with Crippen LogP contribution in [0.25, 0.3) is 0 Å². The van der Waals surface area contributed by atoms with Gasteiger partial charge in [0.1, 0.15) is 0 Å². The van der Waals surface area contributed by atoms with Gasteiger partial charge in [0.15, 0.2) is 0 Å². The number of hydrogen-bond acceptors (Lipinski definition) is 3. The second-order valence-corrected chi connectivity index (χ2v) is 6.20. The smallest absolute Gasteiger partial charge is 0.226 e. The zero-order valence-electron chi connectivity index (χ0n) is 11.4. The van der Waals surface area contributed by atoms with Crippen molar-refractivity contribution in [1.29, 1.82) is 0 Å². The zero-order chi connectivity index (χ0) is 13.7. The van der Waals surface area contributed by atoms with E-state index in [0.29, 0.717) is 6.42 Å². The quantitative estimate of drug-likeness (QED) is 0.830. The van der Waals surface area contributed by atoms with E-state index in [1.54, 1.807) is 11.8 Å². The molecule has 0 atom stereocenters. The molecule has 0 spiro atoms. The zero-order valence-corrected chi connectivity index (χ0v) is 12.3. The predicted octanol–water partition coefficient (Wildman–Crippen LogP) is 3.40. The highest BCUT2D eigenvalue weighted by Crippen LogP contribution is 2.30. The molecule has 1 amide bonds. The van der Waals surface area contributed by atoms with E-state index in [-0.39, 0.29) is 11.4 Å². The van der Waals surface area contributed by atoms with E-state index < -0.39 is 0 Å². The molecule has 0 bridgehead atoms. The van der Waals surface area contributed by atoms with Crippen molar-refractivity contribution >= 4 is 23.4 Å². The average molecular weight is 278 g/mol. The molecule has 1 fully saturated rings. The summed E-state index contributed by atoms with van der Waals surface area (Å²) in [5, 5.41) is 2.99. The van der Waals surface area contributed by atoms with Gasteiger partial charge in [0.25, 0.3) is 0 Å². The van der Waals surface area contributed by atoms with E-state index in [2.05, 4.69) is 5.32 Å². The minimum Gasteiger partial charge on any atom is -0.325 e. The lowest BCUT2D eigenvalue weighted by molar-refractivity contribution is -0.117. The molecule has 4 heteroatoms. The Balaban J connectivity index is 1.97. The number of anilines is 1. The van der Waals surface area contributed by atoms with Crippen LogP contribution in [0.15, 0.2) is 29.2 Å². The third-order valence-electron chi connectivity index (χ3n) is 3.74. The van der Waals surface area contributed by atoms with E-state index in [1.165, 1.54) is 6.42 Å². The Morgan fingerprint density at radius 1 is 1.32 bits per heavy atom. The van der Waals surface area contributed by atoms with Gasteiger partial charge in [0.05, 0.1) is 5.69 Å². The molecule has 0 unspecified atom stereocenters. The van der Waals surface area contributed by atoms with Crippen molar-refractivity contribution in [1.82, 2.24) is 0 Å². The third kappa shape index (κ3) is 3.98. The van der Waals surface area contributed by atoms with Crippen molar-refractivity contribution in [3.63, 3.8) is 0 Å². The largest absolute Gasteiger partial charge is 0.325 e. The Labute approximate surface area is 119 Å². The molecular weight excluding hydrogens is 256 g/mol. The second kappa shape index (κ2) is 6.44. The molecule has 1 aromatic rings. The molecule has 1 aliphatic rings. The number of carbonyl (C=O) groups is 1. The van der Waals surface area contributed by atoms with Crippen LogP contribution in [0.1, 0.15) is 38.5 Å². The van der Waals surface area contributed by atoms with Crippen LogP contribution in [0, 0.1) is 0 Å². The van der Waals surface area contributed by atoms with Gasteiger partial charge in [-0.25, -0.2) is 0 Å². The fourth-order valence-electron chi connectivity index (χ4n) is 2.69. The number of para-hydroxylation sites is 1. The van der Waals surface area contributed by atoms with Crippen molar-refractivity contribution < 1.29 is 4.79 Å². The van der Waals surface area contributed by atoms with Gasteiger partial charge in [-0.1, -0.05) is 31.4 Å². The summed E-state index contributed by atoms with van der Waals surface area (Å²) in [5.74, 6) is 0.0332. The predicted molar refractivity (Wildman–Crippen MR) is 81.5 cm³/mol. The number of thioether (sulfide) groups is 1. The summed E-state index contributed by atoms with van der Waals surface area (Å²) in [6.45, 7) is 0. The van der Waals surface area contributed by atoms with Crippen LogP contribution in [0.2, 0.25) is 0 Å². The van der Waals surface area contributed by atoms with Crippen molar-refractivity contribution in [2.75, 3.05) is 11.6 Å². The first-order valence-corrected chi connectivity index (χ1v) is 8.07. The normalized spacial score (nSPS) is 18.0. The summed E-state index contributed by atoms with van der Waals surface area (Å²) in [5.41, 5.74) is 6.91. The molecule has 0 saturated heterocycles. The summed E-state index contributed by atoms with van der Waals surface area (Å²) in [4.78, 5) is 13.2. The minimum atomic E-state index is -0.295. The summed E-state index contributed by atoms with van der Waals surface area (Å²) >= 11 is 1.64. The van der Waals surface area contributed by atoms with Crippen LogP contribution in [0.4, 0.5) is 5.69 Å². The number of hydrogen-bond donors (Lipinski definition) is 2. The second-order valence-electron chi connectivity index (χ2n) is 5.35. The Kier molecular flexibility index (Phi) is 4.88. The Hall–Kier alpha value is -1.00. The van der Waals surface area contributed by atoms with Crippen LogP contribution in [0.5, 0.6) is 0 Å². The summed E-state index contributed by atoms with van der Waals surface area (Å²) in [6, 6.07) is 7.87. The van der Waals surface area contributed by atoms with E-state index >= 15 is 0 Å². The average Bonchev–Trinajstić information content (AvgIpc) is 2.39. The van der Waals surface area contributed by atoms with E-state index in [1.807, 2.05) is 30.5 Å². The van der Waals surface area contributed by atoms with Crippen molar-refractivity contribution in [2.45, 2.75) is 49.0 Å². The Morgan fingerprint density at radius 3 is 2.68 bits per heavy atom. The first kappa shape index (κ1) is 14.4. The monoisotopic (exact) mass is 278 g/mol. The maximum atomic E-state index is 12.2. The summed E-state index contributed by atoms with van der Waals surface area (Å²) in [6.07, 6.45) is 7.90. The fourth-order valence-corrected chi connectivity index (χ4v) is 3.25. The molecule has 1 saturated carbocycles. The molecule has 1 aliphatic carbocycles. The highest BCUT2D eigenvalue weighted by Gasteiger charge is 2.30. The van der Waals surface area contributed by atoms with Crippen LogP contribution in [0.3, 0.4) is 0 Å². The van der Waals surface area contributed by atoms with Gasteiger partial charge >= 0.3 is 0 Å². The van der Waals surface area contributed by atoms with E-state index in [9.17, 15) is 4.79 Å².